The maximum atomic E-state index is 12.6. The van der Waals surface area contributed by atoms with Gasteiger partial charge < -0.3 is 10.6 Å². The fourth-order valence-electron chi connectivity index (χ4n) is 2.29. The molecule has 0 amide bonds. The van der Waals surface area contributed by atoms with Gasteiger partial charge >= 0.3 is 0 Å². The molecule has 6 nitrogen and oxygen atoms in total. The minimum absolute atomic E-state index is 0.384. The number of hydrogen-bond acceptors (Lipinski definition) is 6. The van der Waals surface area contributed by atoms with Gasteiger partial charge in [0.05, 0.1) is 4.90 Å². The number of thiophene rings is 1. The van der Waals surface area contributed by atoms with E-state index in [2.05, 4.69) is 9.80 Å². The van der Waals surface area contributed by atoms with Crippen molar-refractivity contribution in [3.8, 4) is 0 Å². The molecule has 2 heterocycles. The van der Waals surface area contributed by atoms with E-state index in [4.69, 9.17) is 5.73 Å². The summed E-state index contributed by atoms with van der Waals surface area (Å²) in [6.45, 7) is 5.07. The van der Waals surface area contributed by atoms with Crippen LogP contribution in [0.1, 0.15) is 4.88 Å². The van der Waals surface area contributed by atoms with E-state index in [0.717, 1.165) is 31.1 Å². The molecule has 0 unspecified atom stereocenters. The number of sulfonamides is 1. The number of likely N-dealkylation sites (N-methyl/N-ethyl adjacent to an activating group) is 1. The quantitative estimate of drug-likeness (QED) is 0.799. The lowest BCUT2D eigenvalue weighted by molar-refractivity contribution is 0.174. The zero-order valence-electron chi connectivity index (χ0n) is 12.7. The molecule has 0 saturated carbocycles. The van der Waals surface area contributed by atoms with Crippen LogP contribution in [-0.2, 0) is 16.6 Å². The highest BCUT2D eigenvalue weighted by molar-refractivity contribution is 7.89. The summed E-state index contributed by atoms with van der Waals surface area (Å²) in [4.78, 5) is 5.74. The van der Waals surface area contributed by atoms with Crippen LogP contribution in [0.3, 0.4) is 0 Å². The van der Waals surface area contributed by atoms with Gasteiger partial charge in [0, 0.05) is 56.1 Å². The third kappa shape index (κ3) is 4.24. The molecule has 0 atom stereocenters. The van der Waals surface area contributed by atoms with Gasteiger partial charge in [-0.1, -0.05) is 0 Å². The SMILES string of the molecule is CN(C)CCN1CCN(S(=O)(=O)c2csc(CN)c2)CC1. The van der Waals surface area contributed by atoms with E-state index in [1.807, 2.05) is 14.1 Å². The maximum Gasteiger partial charge on any atom is 0.243 e. The first kappa shape index (κ1) is 16.9. The number of nitrogens with two attached hydrogens (primary N) is 1. The van der Waals surface area contributed by atoms with Crippen LogP contribution in [0.15, 0.2) is 16.3 Å². The smallest absolute Gasteiger partial charge is 0.243 e. The molecule has 21 heavy (non-hydrogen) atoms. The Balaban J connectivity index is 1.94. The summed E-state index contributed by atoms with van der Waals surface area (Å²) in [5, 5.41) is 1.69. The highest BCUT2D eigenvalue weighted by Gasteiger charge is 2.29. The van der Waals surface area contributed by atoms with Crippen molar-refractivity contribution in [2.75, 3.05) is 53.4 Å². The van der Waals surface area contributed by atoms with E-state index < -0.39 is 10.0 Å². The summed E-state index contributed by atoms with van der Waals surface area (Å²) in [5.74, 6) is 0. The number of hydrogen-bond donors (Lipinski definition) is 1. The maximum absolute atomic E-state index is 12.6. The highest BCUT2D eigenvalue weighted by Crippen LogP contribution is 2.23. The fraction of sp³-hybridized carbons (Fsp3) is 0.692. The molecule has 1 aliphatic heterocycles. The summed E-state index contributed by atoms with van der Waals surface area (Å²) >= 11 is 1.41. The van der Waals surface area contributed by atoms with Gasteiger partial charge in [-0.05, 0) is 20.2 Å². The lowest BCUT2D eigenvalue weighted by Crippen LogP contribution is -2.49. The molecule has 1 aliphatic rings. The molecule has 120 valence electrons. The normalized spacial score (nSPS) is 18.5. The molecule has 1 aromatic rings. The molecule has 0 radical (unpaired) electrons. The molecule has 0 bridgehead atoms. The van der Waals surface area contributed by atoms with Gasteiger partial charge in [0.15, 0.2) is 0 Å². The van der Waals surface area contributed by atoms with E-state index in [1.165, 1.54) is 11.3 Å². The Hall–Kier alpha value is -0.510. The predicted molar refractivity (Wildman–Crippen MR) is 86.0 cm³/mol. The van der Waals surface area contributed by atoms with E-state index in [9.17, 15) is 8.42 Å². The topological polar surface area (TPSA) is 69.9 Å². The van der Waals surface area contributed by atoms with Crippen molar-refractivity contribution < 1.29 is 8.42 Å². The van der Waals surface area contributed by atoms with Crippen LogP contribution in [0.25, 0.3) is 0 Å². The lowest BCUT2D eigenvalue weighted by Gasteiger charge is -2.34. The second-order valence-electron chi connectivity index (χ2n) is 5.50. The summed E-state index contributed by atoms with van der Waals surface area (Å²) in [7, 11) is 0.741. The largest absolute Gasteiger partial charge is 0.326 e. The first-order valence-corrected chi connectivity index (χ1v) is 9.40. The minimum atomic E-state index is -3.35. The summed E-state index contributed by atoms with van der Waals surface area (Å²) in [6.07, 6.45) is 0. The van der Waals surface area contributed by atoms with Gasteiger partial charge in [-0.2, -0.15) is 4.31 Å². The van der Waals surface area contributed by atoms with Crippen LogP contribution in [0, 0.1) is 0 Å². The zero-order chi connectivity index (χ0) is 15.5. The molecule has 2 rings (SSSR count). The number of piperazine rings is 1. The van der Waals surface area contributed by atoms with Gasteiger partial charge in [0.2, 0.25) is 10.0 Å². The van der Waals surface area contributed by atoms with Crippen molar-refractivity contribution >= 4 is 21.4 Å². The van der Waals surface area contributed by atoms with Gasteiger partial charge in [-0.25, -0.2) is 8.42 Å². The monoisotopic (exact) mass is 332 g/mol. The van der Waals surface area contributed by atoms with Gasteiger partial charge in [-0.3, -0.25) is 4.90 Å². The second-order valence-corrected chi connectivity index (χ2v) is 8.44. The molecular formula is C13H24N4O2S2. The first-order valence-electron chi connectivity index (χ1n) is 7.08. The van der Waals surface area contributed by atoms with Crippen molar-refractivity contribution in [1.29, 1.82) is 0 Å². The standard InChI is InChI=1S/C13H24N4O2S2/c1-15(2)3-4-16-5-7-17(8-6-16)21(18,19)13-9-12(10-14)20-11-13/h9,11H,3-8,10,14H2,1-2H3. The van der Waals surface area contributed by atoms with Gasteiger partial charge in [-0.15, -0.1) is 11.3 Å². The Morgan fingerprint density at radius 3 is 2.48 bits per heavy atom. The molecule has 1 fully saturated rings. The molecule has 1 saturated heterocycles. The molecule has 1 aromatic heterocycles. The molecule has 2 N–H and O–H groups in total. The van der Waals surface area contributed by atoms with Crippen LogP contribution in [0.4, 0.5) is 0 Å². The average molecular weight is 332 g/mol. The molecular weight excluding hydrogens is 308 g/mol. The minimum Gasteiger partial charge on any atom is -0.326 e. The van der Waals surface area contributed by atoms with Crippen LogP contribution >= 0.6 is 11.3 Å². The Bertz CT molecular complexity index is 548. The van der Waals surface area contributed by atoms with E-state index in [1.54, 1.807) is 15.8 Å². The summed E-state index contributed by atoms with van der Waals surface area (Å²) in [5.41, 5.74) is 5.55. The second kappa shape index (κ2) is 7.17. The van der Waals surface area contributed by atoms with Crippen molar-refractivity contribution in [2.45, 2.75) is 11.4 Å². The van der Waals surface area contributed by atoms with E-state index >= 15 is 0 Å². The Morgan fingerprint density at radius 2 is 1.95 bits per heavy atom. The number of rotatable bonds is 6. The molecule has 0 aliphatic carbocycles. The number of nitrogens with zero attached hydrogens (tertiary/aromatic N) is 3. The molecule has 8 heteroatoms. The van der Waals surface area contributed by atoms with Crippen LogP contribution in [0.2, 0.25) is 0 Å². The van der Waals surface area contributed by atoms with Crippen LogP contribution < -0.4 is 5.73 Å². The fourth-order valence-corrected chi connectivity index (χ4v) is 4.85. The third-order valence-corrected chi connectivity index (χ3v) is 6.65. The van der Waals surface area contributed by atoms with Gasteiger partial charge in [0.1, 0.15) is 0 Å². The van der Waals surface area contributed by atoms with E-state index in [0.29, 0.717) is 24.5 Å². The van der Waals surface area contributed by atoms with Crippen molar-refractivity contribution in [3.05, 3.63) is 16.3 Å². The average Bonchev–Trinajstić information content (AvgIpc) is 2.95. The lowest BCUT2D eigenvalue weighted by atomic mass is 10.3. The van der Waals surface area contributed by atoms with Crippen LogP contribution in [-0.4, -0.2) is 75.9 Å². The first-order chi connectivity index (χ1) is 9.93. The van der Waals surface area contributed by atoms with Crippen LogP contribution in [0.5, 0.6) is 0 Å². The molecule has 0 spiro atoms. The highest BCUT2D eigenvalue weighted by atomic mass is 32.2. The van der Waals surface area contributed by atoms with Crippen molar-refractivity contribution in [2.24, 2.45) is 5.73 Å². The molecule has 0 aromatic carbocycles. The van der Waals surface area contributed by atoms with Gasteiger partial charge in [0.25, 0.3) is 0 Å². The Morgan fingerprint density at radius 1 is 1.29 bits per heavy atom. The van der Waals surface area contributed by atoms with Crippen molar-refractivity contribution in [1.82, 2.24) is 14.1 Å². The summed E-state index contributed by atoms with van der Waals surface area (Å²) in [6, 6.07) is 1.69. The predicted octanol–water partition coefficient (Wildman–Crippen LogP) is 0.0747. The third-order valence-electron chi connectivity index (χ3n) is 3.66. The summed E-state index contributed by atoms with van der Waals surface area (Å²) < 4.78 is 26.7. The van der Waals surface area contributed by atoms with Crippen molar-refractivity contribution in [3.63, 3.8) is 0 Å². The Labute approximate surface area is 131 Å². The Kier molecular flexibility index (Phi) is 5.75. The zero-order valence-corrected chi connectivity index (χ0v) is 14.3. The van der Waals surface area contributed by atoms with E-state index in [-0.39, 0.29) is 0 Å².